The lowest BCUT2D eigenvalue weighted by Gasteiger charge is -2.32. The Bertz CT molecular complexity index is 407. The minimum absolute atomic E-state index is 0.0265. The molecule has 7 heteroatoms. The summed E-state index contributed by atoms with van der Waals surface area (Å²) in [7, 11) is 0. The van der Waals surface area contributed by atoms with E-state index in [1.54, 1.807) is 0 Å². The zero-order valence-corrected chi connectivity index (χ0v) is 11.0. The van der Waals surface area contributed by atoms with Crippen molar-refractivity contribution in [2.75, 3.05) is 38.1 Å². The van der Waals surface area contributed by atoms with Gasteiger partial charge in [0.05, 0.1) is 18.9 Å². The molecule has 100 valence electrons. The highest BCUT2D eigenvalue weighted by Gasteiger charge is 2.19. The molecule has 0 saturated carbocycles. The molecule has 0 radical (unpaired) electrons. The molecule has 1 aliphatic rings. The van der Waals surface area contributed by atoms with Gasteiger partial charge in [0.15, 0.2) is 11.6 Å². The first kappa shape index (κ1) is 13.5. The predicted molar refractivity (Wildman–Crippen MR) is 67.3 cm³/mol. The molecule has 1 atom stereocenters. The molecular weight excluding hydrogens is 259 g/mol. The van der Waals surface area contributed by atoms with Crippen molar-refractivity contribution in [3.8, 4) is 0 Å². The van der Waals surface area contributed by atoms with E-state index in [-0.39, 0.29) is 17.2 Å². The van der Waals surface area contributed by atoms with Crippen LogP contribution in [0.4, 0.5) is 10.2 Å². The third-order valence-electron chi connectivity index (χ3n) is 2.88. The highest BCUT2D eigenvalue weighted by Crippen LogP contribution is 2.13. The van der Waals surface area contributed by atoms with Crippen LogP contribution in [0.2, 0.25) is 5.28 Å². The summed E-state index contributed by atoms with van der Waals surface area (Å²) in [6.45, 7) is 6.09. The minimum Gasteiger partial charge on any atom is -0.374 e. The van der Waals surface area contributed by atoms with Crippen LogP contribution in [0, 0.1) is 5.82 Å². The van der Waals surface area contributed by atoms with Gasteiger partial charge in [-0.3, -0.25) is 4.90 Å². The Balaban J connectivity index is 1.89. The second-order valence-electron chi connectivity index (χ2n) is 4.10. The SMILES string of the molecule is CCN1CCOC(CNc2nc(Cl)ncc2F)C1. The van der Waals surface area contributed by atoms with E-state index in [0.29, 0.717) is 13.2 Å². The standard InChI is InChI=1S/C11H16ClFN4O/c1-2-17-3-4-18-8(7-17)5-14-10-9(13)6-15-11(12)16-10/h6,8H,2-5,7H2,1H3,(H,14,15,16). The number of nitrogens with one attached hydrogen (secondary N) is 1. The number of anilines is 1. The molecule has 2 rings (SSSR count). The molecule has 18 heavy (non-hydrogen) atoms. The van der Waals surface area contributed by atoms with Crippen LogP contribution in [0.25, 0.3) is 0 Å². The van der Waals surface area contributed by atoms with Gasteiger partial charge >= 0.3 is 0 Å². The number of halogens is 2. The number of hydrogen-bond acceptors (Lipinski definition) is 5. The maximum Gasteiger partial charge on any atom is 0.224 e. The number of hydrogen-bond donors (Lipinski definition) is 1. The zero-order valence-electron chi connectivity index (χ0n) is 10.2. The smallest absolute Gasteiger partial charge is 0.224 e. The molecule has 0 aromatic carbocycles. The van der Waals surface area contributed by atoms with Crippen LogP contribution in [0.3, 0.4) is 0 Å². The molecular formula is C11H16ClFN4O. The van der Waals surface area contributed by atoms with Crippen LogP contribution in [-0.2, 0) is 4.74 Å². The van der Waals surface area contributed by atoms with Gasteiger partial charge in [-0.05, 0) is 18.1 Å². The molecule has 1 aliphatic heterocycles. The summed E-state index contributed by atoms with van der Waals surface area (Å²) in [5.74, 6) is -0.394. The lowest BCUT2D eigenvalue weighted by molar-refractivity contribution is -0.0192. The largest absolute Gasteiger partial charge is 0.374 e. The first-order valence-electron chi connectivity index (χ1n) is 5.95. The van der Waals surface area contributed by atoms with Crippen LogP contribution in [0.5, 0.6) is 0 Å². The van der Waals surface area contributed by atoms with Crippen LogP contribution in [-0.4, -0.2) is 53.8 Å². The molecule has 1 saturated heterocycles. The third kappa shape index (κ3) is 3.51. The van der Waals surface area contributed by atoms with Crippen molar-refractivity contribution in [1.29, 1.82) is 0 Å². The molecule has 1 aromatic rings. The summed E-state index contributed by atoms with van der Waals surface area (Å²) in [6, 6.07) is 0. The molecule has 5 nitrogen and oxygen atoms in total. The first-order valence-corrected chi connectivity index (χ1v) is 6.32. The van der Waals surface area contributed by atoms with Crippen molar-refractivity contribution in [3.05, 3.63) is 17.3 Å². The van der Waals surface area contributed by atoms with Gasteiger partial charge in [-0.25, -0.2) is 9.37 Å². The number of morpholine rings is 1. The molecule has 1 unspecified atom stereocenters. The highest BCUT2D eigenvalue weighted by molar-refractivity contribution is 6.28. The van der Waals surface area contributed by atoms with Gasteiger partial charge in [0.25, 0.3) is 0 Å². The van der Waals surface area contributed by atoms with Crippen LogP contribution in [0.1, 0.15) is 6.92 Å². The fraction of sp³-hybridized carbons (Fsp3) is 0.636. The predicted octanol–water partition coefficient (Wildman–Crippen LogP) is 1.40. The van der Waals surface area contributed by atoms with Crippen LogP contribution >= 0.6 is 11.6 Å². The second kappa shape index (κ2) is 6.26. The van der Waals surface area contributed by atoms with Gasteiger partial charge in [-0.1, -0.05) is 6.92 Å². The lowest BCUT2D eigenvalue weighted by atomic mass is 10.2. The van der Waals surface area contributed by atoms with Crippen molar-refractivity contribution in [2.24, 2.45) is 0 Å². The van der Waals surface area contributed by atoms with Crippen molar-refractivity contribution in [1.82, 2.24) is 14.9 Å². The van der Waals surface area contributed by atoms with E-state index in [4.69, 9.17) is 16.3 Å². The number of nitrogens with zero attached hydrogens (tertiary/aromatic N) is 3. The summed E-state index contributed by atoms with van der Waals surface area (Å²) < 4.78 is 19.0. The molecule has 0 amide bonds. The normalized spacial score (nSPS) is 20.9. The van der Waals surface area contributed by atoms with Gasteiger partial charge in [-0.15, -0.1) is 0 Å². The Hall–Kier alpha value is -0.980. The summed E-state index contributed by atoms with van der Waals surface area (Å²) >= 11 is 5.62. The van der Waals surface area contributed by atoms with Crippen LogP contribution < -0.4 is 5.32 Å². The quantitative estimate of drug-likeness (QED) is 0.841. The molecule has 1 fully saturated rings. The summed E-state index contributed by atoms with van der Waals surface area (Å²) in [4.78, 5) is 9.65. The monoisotopic (exact) mass is 274 g/mol. The Morgan fingerprint density at radius 2 is 2.50 bits per heavy atom. The van der Waals surface area contributed by atoms with Crippen molar-refractivity contribution in [3.63, 3.8) is 0 Å². The van der Waals surface area contributed by atoms with Gasteiger partial charge in [0.2, 0.25) is 5.28 Å². The van der Waals surface area contributed by atoms with Crippen molar-refractivity contribution >= 4 is 17.4 Å². The number of aromatic nitrogens is 2. The van der Waals surface area contributed by atoms with Gasteiger partial charge in [0.1, 0.15) is 0 Å². The molecule has 0 bridgehead atoms. The minimum atomic E-state index is -0.512. The average Bonchev–Trinajstić information content (AvgIpc) is 2.40. The molecule has 0 spiro atoms. The Morgan fingerprint density at radius 1 is 1.67 bits per heavy atom. The van der Waals surface area contributed by atoms with E-state index in [2.05, 4.69) is 27.1 Å². The maximum absolute atomic E-state index is 13.4. The van der Waals surface area contributed by atoms with E-state index < -0.39 is 5.82 Å². The van der Waals surface area contributed by atoms with Crippen LogP contribution in [0.15, 0.2) is 6.20 Å². The molecule has 1 N–H and O–H groups in total. The van der Waals surface area contributed by atoms with Crippen molar-refractivity contribution < 1.29 is 9.13 Å². The van der Waals surface area contributed by atoms with E-state index in [9.17, 15) is 4.39 Å². The van der Waals surface area contributed by atoms with E-state index in [1.165, 1.54) is 0 Å². The summed E-state index contributed by atoms with van der Waals surface area (Å²) in [5.41, 5.74) is 0. The van der Waals surface area contributed by atoms with E-state index >= 15 is 0 Å². The Labute approximate surface area is 110 Å². The second-order valence-corrected chi connectivity index (χ2v) is 4.44. The van der Waals surface area contributed by atoms with Crippen molar-refractivity contribution in [2.45, 2.75) is 13.0 Å². The summed E-state index contributed by atoms with van der Waals surface area (Å²) in [5, 5.41) is 2.93. The number of ether oxygens (including phenoxy) is 1. The molecule has 2 heterocycles. The first-order chi connectivity index (χ1) is 8.69. The van der Waals surface area contributed by atoms with Gasteiger partial charge < -0.3 is 10.1 Å². The fourth-order valence-electron chi connectivity index (χ4n) is 1.87. The third-order valence-corrected chi connectivity index (χ3v) is 3.06. The fourth-order valence-corrected chi connectivity index (χ4v) is 2.00. The summed E-state index contributed by atoms with van der Waals surface area (Å²) in [6.07, 6.45) is 1.09. The van der Waals surface area contributed by atoms with Gasteiger partial charge in [0, 0.05) is 19.6 Å². The lowest BCUT2D eigenvalue weighted by Crippen LogP contribution is -2.45. The van der Waals surface area contributed by atoms with E-state index in [1.807, 2.05) is 0 Å². The number of rotatable bonds is 4. The molecule has 0 aliphatic carbocycles. The maximum atomic E-state index is 13.4. The molecule has 1 aromatic heterocycles. The average molecular weight is 275 g/mol. The Kier molecular flexibility index (Phi) is 4.68. The highest BCUT2D eigenvalue weighted by atomic mass is 35.5. The zero-order chi connectivity index (χ0) is 13.0. The topological polar surface area (TPSA) is 50.3 Å². The van der Waals surface area contributed by atoms with Gasteiger partial charge in [-0.2, -0.15) is 4.98 Å². The van der Waals surface area contributed by atoms with E-state index in [0.717, 1.165) is 25.8 Å². The Morgan fingerprint density at radius 3 is 3.28 bits per heavy atom. The number of likely N-dealkylation sites (N-methyl/N-ethyl adjacent to an activating group) is 1.